The maximum atomic E-state index is 6.73. The molecular formula is C18H14Cl4N2S. The zero-order chi connectivity index (χ0) is 17.8. The maximum absolute atomic E-state index is 6.73. The summed E-state index contributed by atoms with van der Waals surface area (Å²) in [6, 6.07) is 13.4. The van der Waals surface area contributed by atoms with Crippen molar-refractivity contribution in [2.45, 2.75) is 16.5 Å². The van der Waals surface area contributed by atoms with Crippen molar-refractivity contribution < 1.29 is 0 Å². The van der Waals surface area contributed by atoms with E-state index >= 15 is 0 Å². The summed E-state index contributed by atoms with van der Waals surface area (Å²) in [5.74, 6) is 0.752. The molecule has 2 unspecified atom stereocenters. The van der Waals surface area contributed by atoms with Gasteiger partial charge in [-0.15, -0.1) is 11.8 Å². The topological polar surface area (TPSA) is 17.8 Å². The fourth-order valence-electron chi connectivity index (χ4n) is 2.37. The number of alkyl halides is 1. The first-order valence-corrected chi connectivity index (χ1v) is 10.1. The first kappa shape index (κ1) is 18.9. The molecule has 1 aromatic heterocycles. The lowest BCUT2D eigenvalue weighted by Crippen LogP contribution is -2.09. The van der Waals surface area contributed by atoms with Crippen LogP contribution < -0.4 is 0 Å². The Morgan fingerprint density at radius 1 is 1.00 bits per heavy atom. The standard InChI is InChI=1S/C18H14Cl4N2S/c19-14-4-2-13(3-5-14)17(18(22)24-8-7-23-11-24)25-10-12-1-6-15(20)16(21)9-12/h1-9,11,17-18H,10H2. The van der Waals surface area contributed by atoms with Crippen molar-refractivity contribution in [2.75, 3.05) is 0 Å². The van der Waals surface area contributed by atoms with Crippen molar-refractivity contribution in [3.05, 3.63) is 87.4 Å². The Labute approximate surface area is 171 Å². The van der Waals surface area contributed by atoms with E-state index in [1.807, 2.05) is 53.2 Å². The molecule has 0 spiro atoms. The summed E-state index contributed by atoms with van der Waals surface area (Å²) in [6.07, 6.45) is 5.30. The minimum absolute atomic E-state index is 0.0163. The third-order valence-corrected chi connectivity index (χ3v) is 6.68. The second-order valence-electron chi connectivity index (χ2n) is 5.41. The van der Waals surface area contributed by atoms with Crippen LogP contribution >= 0.6 is 58.2 Å². The van der Waals surface area contributed by atoms with Gasteiger partial charge >= 0.3 is 0 Å². The van der Waals surface area contributed by atoms with E-state index in [1.165, 1.54) is 0 Å². The van der Waals surface area contributed by atoms with E-state index in [0.717, 1.165) is 16.9 Å². The van der Waals surface area contributed by atoms with Gasteiger partial charge in [0.15, 0.2) is 0 Å². The molecule has 3 rings (SSSR count). The van der Waals surface area contributed by atoms with Crippen molar-refractivity contribution in [2.24, 2.45) is 0 Å². The molecule has 25 heavy (non-hydrogen) atoms. The lowest BCUT2D eigenvalue weighted by atomic mass is 10.1. The van der Waals surface area contributed by atoms with Gasteiger partial charge in [-0.3, -0.25) is 0 Å². The fourth-order valence-corrected chi connectivity index (χ4v) is 4.50. The van der Waals surface area contributed by atoms with Crippen LogP contribution in [0.25, 0.3) is 0 Å². The Morgan fingerprint density at radius 2 is 1.76 bits per heavy atom. The quantitative estimate of drug-likeness (QED) is 0.382. The van der Waals surface area contributed by atoms with Crippen molar-refractivity contribution in [3.8, 4) is 0 Å². The molecule has 0 saturated heterocycles. The highest BCUT2D eigenvalue weighted by Gasteiger charge is 2.23. The molecule has 0 radical (unpaired) electrons. The highest BCUT2D eigenvalue weighted by Crippen LogP contribution is 2.43. The first-order chi connectivity index (χ1) is 12.0. The number of rotatable bonds is 6. The summed E-state index contributed by atoms with van der Waals surface area (Å²) >= 11 is 26.6. The number of halogens is 4. The molecule has 0 aliphatic rings. The zero-order valence-corrected chi connectivity index (χ0v) is 16.8. The van der Waals surface area contributed by atoms with Gasteiger partial charge in [-0.1, -0.05) is 64.6 Å². The molecular weight excluding hydrogens is 418 g/mol. The van der Waals surface area contributed by atoms with Crippen LogP contribution in [0, 0.1) is 0 Å². The predicted octanol–water partition coefficient (Wildman–Crippen LogP) is 7.26. The van der Waals surface area contributed by atoms with Gasteiger partial charge in [-0.05, 0) is 35.4 Å². The number of hydrogen-bond acceptors (Lipinski definition) is 2. The van der Waals surface area contributed by atoms with E-state index in [1.54, 1.807) is 24.3 Å². The SMILES string of the molecule is Clc1ccc(C(SCc2ccc(Cl)c(Cl)c2)C(Cl)n2ccnc2)cc1. The van der Waals surface area contributed by atoms with Gasteiger partial charge in [0.25, 0.3) is 0 Å². The van der Waals surface area contributed by atoms with Crippen molar-refractivity contribution in [1.82, 2.24) is 9.55 Å². The molecule has 2 aromatic carbocycles. The van der Waals surface area contributed by atoms with Crippen molar-refractivity contribution in [3.63, 3.8) is 0 Å². The van der Waals surface area contributed by atoms with E-state index in [2.05, 4.69) is 4.98 Å². The predicted molar refractivity (Wildman–Crippen MR) is 109 cm³/mol. The molecule has 0 N–H and O–H groups in total. The van der Waals surface area contributed by atoms with E-state index in [-0.39, 0.29) is 10.8 Å². The highest BCUT2D eigenvalue weighted by molar-refractivity contribution is 7.98. The molecule has 3 aromatic rings. The normalized spacial score (nSPS) is 13.6. The van der Waals surface area contributed by atoms with Gasteiger partial charge in [0.2, 0.25) is 0 Å². The Bertz CT molecular complexity index is 822. The average molecular weight is 432 g/mol. The number of thioether (sulfide) groups is 1. The number of aromatic nitrogens is 2. The van der Waals surface area contributed by atoms with Crippen LogP contribution in [0.1, 0.15) is 21.9 Å². The number of imidazole rings is 1. The van der Waals surface area contributed by atoms with Crippen LogP contribution in [0.2, 0.25) is 15.1 Å². The van der Waals surface area contributed by atoms with E-state index in [4.69, 9.17) is 46.4 Å². The summed E-state index contributed by atoms with van der Waals surface area (Å²) in [5, 5.41) is 1.83. The second kappa shape index (κ2) is 8.70. The van der Waals surface area contributed by atoms with Gasteiger partial charge in [0.1, 0.15) is 5.50 Å². The number of benzene rings is 2. The van der Waals surface area contributed by atoms with Gasteiger partial charge in [0, 0.05) is 23.2 Å². The summed E-state index contributed by atoms with van der Waals surface area (Å²) in [7, 11) is 0. The lowest BCUT2D eigenvalue weighted by molar-refractivity contribution is 0.651. The summed E-state index contributed by atoms with van der Waals surface area (Å²) in [5.41, 5.74) is 1.91. The molecule has 0 fully saturated rings. The van der Waals surface area contributed by atoms with Gasteiger partial charge in [-0.25, -0.2) is 4.98 Å². The van der Waals surface area contributed by atoms with Crippen molar-refractivity contribution in [1.29, 1.82) is 0 Å². The molecule has 0 aliphatic carbocycles. The average Bonchev–Trinajstić information content (AvgIpc) is 3.14. The van der Waals surface area contributed by atoms with Gasteiger partial charge in [0.05, 0.1) is 21.6 Å². The molecule has 2 atom stereocenters. The molecule has 7 heteroatoms. The molecule has 1 heterocycles. The maximum Gasteiger partial charge on any atom is 0.125 e. The minimum atomic E-state index is -0.281. The smallest absolute Gasteiger partial charge is 0.125 e. The largest absolute Gasteiger partial charge is 0.319 e. The Morgan fingerprint density at radius 3 is 2.40 bits per heavy atom. The van der Waals surface area contributed by atoms with E-state index < -0.39 is 0 Å². The van der Waals surface area contributed by atoms with Crippen LogP contribution in [-0.4, -0.2) is 9.55 Å². The van der Waals surface area contributed by atoms with Crippen LogP contribution in [0.3, 0.4) is 0 Å². The highest BCUT2D eigenvalue weighted by atomic mass is 35.5. The van der Waals surface area contributed by atoms with Crippen LogP contribution in [-0.2, 0) is 5.75 Å². The van der Waals surface area contributed by atoms with Crippen LogP contribution in [0.5, 0.6) is 0 Å². The monoisotopic (exact) mass is 430 g/mol. The van der Waals surface area contributed by atoms with Crippen molar-refractivity contribution >= 4 is 58.2 Å². The third-order valence-electron chi connectivity index (χ3n) is 3.67. The Kier molecular flexibility index (Phi) is 6.59. The molecule has 0 saturated carbocycles. The second-order valence-corrected chi connectivity index (χ2v) is 8.24. The lowest BCUT2D eigenvalue weighted by Gasteiger charge is -2.23. The first-order valence-electron chi connectivity index (χ1n) is 7.47. The van der Waals surface area contributed by atoms with Crippen LogP contribution in [0.4, 0.5) is 0 Å². The molecule has 0 amide bonds. The van der Waals surface area contributed by atoms with E-state index in [9.17, 15) is 0 Å². The fraction of sp³-hybridized carbons (Fsp3) is 0.167. The zero-order valence-electron chi connectivity index (χ0n) is 12.9. The summed E-state index contributed by atoms with van der Waals surface area (Å²) in [6.45, 7) is 0. The molecule has 0 aliphatic heterocycles. The molecule has 130 valence electrons. The Hall–Kier alpha value is -0.840. The molecule has 2 nitrogen and oxygen atoms in total. The number of nitrogens with zero attached hydrogens (tertiary/aromatic N) is 2. The number of hydrogen-bond donors (Lipinski definition) is 0. The summed E-state index contributed by atoms with van der Waals surface area (Å²) < 4.78 is 1.89. The van der Waals surface area contributed by atoms with E-state index in [0.29, 0.717) is 15.1 Å². The van der Waals surface area contributed by atoms with Gasteiger partial charge in [-0.2, -0.15) is 0 Å². The van der Waals surface area contributed by atoms with Gasteiger partial charge < -0.3 is 4.57 Å². The summed E-state index contributed by atoms with van der Waals surface area (Å²) in [4.78, 5) is 4.09. The minimum Gasteiger partial charge on any atom is -0.319 e. The Balaban J connectivity index is 1.82. The molecule has 0 bridgehead atoms. The van der Waals surface area contributed by atoms with Crippen LogP contribution in [0.15, 0.2) is 61.2 Å². The third kappa shape index (κ3) is 4.87.